The van der Waals surface area contributed by atoms with Gasteiger partial charge in [0.2, 0.25) is 0 Å². The van der Waals surface area contributed by atoms with E-state index in [-0.39, 0.29) is 5.41 Å². The van der Waals surface area contributed by atoms with Crippen molar-refractivity contribution < 1.29 is 0 Å². The Morgan fingerprint density at radius 1 is 0.422 bits per heavy atom. The number of fused-ring (bicyclic) bond motifs is 5. The van der Waals surface area contributed by atoms with Crippen LogP contribution in [0, 0.1) is 11.8 Å². The number of aryl methyl sites for hydroxylation is 4. The lowest BCUT2D eigenvalue weighted by Gasteiger charge is -2.32. The summed E-state index contributed by atoms with van der Waals surface area (Å²) in [6, 6.07) is 71.5. The summed E-state index contributed by atoms with van der Waals surface area (Å²) in [5, 5.41) is 0. The maximum atomic E-state index is 2.58. The van der Waals surface area contributed by atoms with E-state index in [2.05, 4.69) is 212 Å². The minimum absolute atomic E-state index is 0.108. The molecule has 3 unspecified atom stereocenters. The van der Waals surface area contributed by atoms with Crippen molar-refractivity contribution >= 4 is 34.1 Å². The van der Waals surface area contributed by atoms with Gasteiger partial charge in [-0.05, 0) is 173 Å². The summed E-state index contributed by atoms with van der Waals surface area (Å²) >= 11 is 0. The van der Waals surface area contributed by atoms with E-state index in [0.717, 1.165) is 43.4 Å². The predicted octanol–water partition coefficient (Wildman–Crippen LogP) is 16.4. The Kier molecular flexibility index (Phi) is 9.66. The van der Waals surface area contributed by atoms with E-state index in [4.69, 9.17) is 0 Å². The quantitative estimate of drug-likeness (QED) is 0.151. The van der Waals surface area contributed by atoms with Crippen molar-refractivity contribution in [3.05, 3.63) is 227 Å². The molecule has 0 spiro atoms. The molecular formula is C62H56N2. The highest BCUT2D eigenvalue weighted by Gasteiger charge is 2.40. The fraction of sp³-hybridized carbons (Fsp3) is 0.226. The van der Waals surface area contributed by atoms with Gasteiger partial charge in [0.25, 0.3) is 0 Å². The van der Waals surface area contributed by atoms with Crippen molar-refractivity contribution in [2.45, 2.75) is 76.5 Å². The lowest BCUT2D eigenvalue weighted by molar-refractivity contribution is 0.420. The first-order valence-electron chi connectivity index (χ1n) is 23.8. The predicted molar refractivity (Wildman–Crippen MR) is 268 cm³/mol. The smallest absolute Gasteiger partial charge is 0.0540 e. The molecule has 2 fully saturated rings. The fourth-order valence-electron chi connectivity index (χ4n) is 12.2. The highest BCUT2D eigenvalue weighted by molar-refractivity contribution is 5.91. The van der Waals surface area contributed by atoms with Crippen LogP contribution in [0.2, 0.25) is 0 Å². The summed E-state index contributed by atoms with van der Waals surface area (Å²) in [4.78, 5) is 5.11. The van der Waals surface area contributed by atoms with Gasteiger partial charge in [0.1, 0.15) is 0 Å². The summed E-state index contributed by atoms with van der Waals surface area (Å²) in [6.07, 6.45) is 9.39. The monoisotopic (exact) mass is 828 g/mol. The minimum Gasteiger partial charge on any atom is -0.310 e. The minimum atomic E-state index is -0.108. The van der Waals surface area contributed by atoms with Crippen molar-refractivity contribution in [2.24, 2.45) is 11.8 Å². The molecule has 8 aromatic carbocycles. The van der Waals surface area contributed by atoms with Crippen LogP contribution in [-0.2, 0) is 31.1 Å². The van der Waals surface area contributed by atoms with Crippen LogP contribution in [0.4, 0.5) is 34.1 Å². The van der Waals surface area contributed by atoms with Crippen molar-refractivity contribution in [3.8, 4) is 22.3 Å². The van der Waals surface area contributed by atoms with Crippen molar-refractivity contribution in [1.29, 1.82) is 0 Å². The zero-order valence-corrected chi connectivity index (χ0v) is 37.2. The Morgan fingerprint density at radius 2 is 1.02 bits per heavy atom. The lowest BCUT2D eigenvalue weighted by atomic mass is 9.82. The number of hydrogen-bond acceptors (Lipinski definition) is 2. The molecule has 314 valence electrons. The summed E-state index contributed by atoms with van der Waals surface area (Å²) in [5.74, 6) is 2.55. The third-order valence-electron chi connectivity index (χ3n) is 15.5. The number of rotatable bonds is 8. The molecule has 3 atom stereocenters. The third kappa shape index (κ3) is 6.78. The fourth-order valence-corrected chi connectivity index (χ4v) is 12.2. The first kappa shape index (κ1) is 39.0. The molecule has 0 aliphatic heterocycles. The highest BCUT2D eigenvalue weighted by Crippen LogP contribution is 2.54. The van der Waals surface area contributed by atoms with Gasteiger partial charge < -0.3 is 9.80 Å². The Bertz CT molecular complexity index is 3000. The van der Waals surface area contributed by atoms with E-state index < -0.39 is 0 Å². The normalized spacial score (nSPS) is 18.9. The Hall–Kier alpha value is -6.64. The molecule has 0 N–H and O–H groups in total. The van der Waals surface area contributed by atoms with Crippen LogP contribution >= 0.6 is 0 Å². The molecule has 7 aliphatic carbocycles. The number of benzene rings is 8. The van der Waals surface area contributed by atoms with Gasteiger partial charge >= 0.3 is 0 Å². The van der Waals surface area contributed by atoms with Gasteiger partial charge in [0, 0.05) is 39.4 Å². The molecule has 0 aromatic heterocycles. The molecule has 7 aliphatic rings. The van der Waals surface area contributed by atoms with Crippen LogP contribution in [0.3, 0.4) is 0 Å². The van der Waals surface area contributed by atoms with Crippen LogP contribution in [0.15, 0.2) is 188 Å². The van der Waals surface area contributed by atoms with Crippen LogP contribution < -0.4 is 9.80 Å². The molecular weight excluding hydrogens is 773 g/mol. The van der Waals surface area contributed by atoms with Crippen molar-refractivity contribution in [1.82, 2.24) is 0 Å². The third-order valence-corrected chi connectivity index (χ3v) is 15.5. The molecule has 64 heavy (non-hydrogen) atoms. The van der Waals surface area contributed by atoms with E-state index in [1.807, 2.05) is 0 Å². The standard InChI is InChI=1S/C62H56N2/c1-62(2)57-19-11-9-18-54(57)55-36-35-52(41-58(55)62)64(59-20-12-10-17-53(59)45-13-5-3-6-14-45)61-40-43-22-27-47-26-21-42(23-28-48(61)29-24-43)39-60(47)63(50-15-7-4-8-16-50)51-33-31-46(32-34-51)56-38-44-25-30-49(56)37-44/h3-21,24,26,29,31-36,39-41,44,49,56H,22-23,25,27-28,30,37-38H2,1-2H3. The first-order valence-corrected chi connectivity index (χ1v) is 23.8. The van der Waals surface area contributed by atoms with Gasteiger partial charge in [-0.1, -0.05) is 154 Å². The van der Waals surface area contributed by atoms with Crippen molar-refractivity contribution in [3.63, 3.8) is 0 Å². The van der Waals surface area contributed by atoms with Gasteiger partial charge in [-0.25, -0.2) is 0 Å². The van der Waals surface area contributed by atoms with Crippen LogP contribution in [0.25, 0.3) is 22.3 Å². The van der Waals surface area contributed by atoms with Gasteiger partial charge in [-0.15, -0.1) is 0 Å². The van der Waals surface area contributed by atoms with Crippen LogP contribution in [0.1, 0.15) is 84.4 Å². The molecule has 6 bridgehead atoms. The average Bonchev–Trinajstić information content (AvgIpc) is 4.04. The number of nitrogens with zero attached hydrogens (tertiary/aromatic N) is 2. The zero-order chi connectivity index (χ0) is 42.8. The van der Waals surface area contributed by atoms with Gasteiger partial charge in [0.05, 0.1) is 5.69 Å². The number of anilines is 6. The topological polar surface area (TPSA) is 6.48 Å². The molecule has 8 aromatic rings. The van der Waals surface area contributed by atoms with Gasteiger partial charge in [-0.3, -0.25) is 0 Å². The molecule has 0 heterocycles. The molecule has 2 heteroatoms. The Balaban J connectivity index is 0.951. The maximum Gasteiger partial charge on any atom is 0.0540 e. The largest absolute Gasteiger partial charge is 0.310 e. The molecule has 0 radical (unpaired) electrons. The van der Waals surface area contributed by atoms with E-state index in [0.29, 0.717) is 0 Å². The number of para-hydroxylation sites is 2. The first-order chi connectivity index (χ1) is 31.5. The zero-order valence-electron chi connectivity index (χ0n) is 37.2. The lowest BCUT2D eigenvalue weighted by Crippen LogP contribution is -2.18. The molecule has 2 saturated carbocycles. The Morgan fingerprint density at radius 3 is 1.70 bits per heavy atom. The van der Waals surface area contributed by atoms with Crippen LogP contribution in [0.5, 0.6) is 0 Å². The molecule has 0 amide bonds. The van der Waals surface area contributed by atoms with Crippen LogP contribution in [-0.4, -0.2) is 0 Å². The van der Waals surface area contributed by atoms with E-state index in [1.54, 1.807) is 0 Å². The molecule has 0 saturated heterocycles. The van der Waals surface area contributed by atoms with Gasteiger partial charge in [0.15, 0.2) is 0 Å². The average molecular weight is 829 g/mol. The highest BCUT2D eigenvalue weighted by atomic mass is 15.2. The van der Waals surface area contributed by atoms with E-state index in [9.17, 15) is 0 Å². The SMILES string of the molecule is CC1(C)c2ccccc2-c2ccc(N(c3cc4ccc3CCc3ccc(c(N(c5ccccc5)c5ccc(C6CC7CCC6C7)cc5)c3)CC4)c3ccccc3-c3ccccc3)cc21. The number of hydrogen-bond donors (Lipinski definition) is 0. The van der Waals surface area contributed by atoms with Gasteiger partial charge in [-0.2, -0.15) is 0 Å². The summed E-state index contributed by atoms with van der Waals surface area (Å²) in [6.45, 7) is 4.78. The second-order valence-electron chi connectivity index (χ2n) is 19.6. The van der Waals surface area contributed by atoms with E-state index in [1.165, 1.54) is 121 Å². The maximum absolute atomic E-state index is 2.58. The summed E-state index contributed by atoms with van der Waals surface area (Å²) in [5.41, 5.74) is 22.2. The Labute approximate surface area is 379 Å². The second kappa shape index (κ2) is 15.9. The van der Waals surface area contributed by atoms with Crippen molar-refractivity contribution in [2.75, 3.05) is 9.80 Å². The molecule has 15 rings (SSSR count). The second-order valence-corrected chi connectivity index (χ2v) is 19.6. The molecule has 2 nitrogen and oxygen atoms in total. The summed E-state index contributed by atoms with van der Waals surface area (Å²) in [7, 11) is 0. The van der Waals surface area contributed by atoms with E-state index >= 15 is 0 Å². The summed E-state index contributed by atoms with van der Waals surface area (Å²) < 4.78 is 0.